The average molecular weight is 322 g/mol. The second-order valence-electron chi connectivity index (χ2n) is 5.18. The number of halogens is 1. The number of aromatic nitrogens is 1. The summed E-state index contributed by atoms with van der Waals surface area (Å²) in [7, 11) is 0. The van der Waals surface area contributed by atoms with Gasteiger partial charge in [-0.05, 0) is 24.3 Å². The predicted molar refractivity (Wildman–Crippen MR) is 86.2 cm³/mol. The standard InChI is InChI=1S/C16H19N3O2.ClH/c20-16(15-5-3-13-21-15)19-11-9-18(10-12-19)8-6-14-4-1-2-7-17-14;/h1-5,7,13H,6,8-12H2;1H. The SMILES string of the molecule is Cl.O=C(c1ccco1)N1CCN(CCc2ccccn2)CC1. The zero-order chi connectivity index (χ0) is 14.5. The van der Waals surface area contributed by atoms with E-state index in [9.17, 15) is 4.79 Å². The molecule has 0 N–H and O–H groups in total. The van der Waals surface area contributed by atoms with Gasteiger partial charge in [-0.3, -0.25) is 14.7 Å². The number of amides is 1. The van der Waals surface area contributed by atoms with E-state index >= 15 is 0 Å². The molecule has 1 aliphatic rings. The van der Waals surface area contributed by atoms with Gasteiger partial charge in [0.05, 0.1) is 6.26 Å². The van der Waals surface area contributed by atoms with Crippen LogP contribution in [0.2, 0.25) is 0 Å². The molecule has 0 unspecified atom stereocenters. The Morgan fingerprint density at radius 3 is 2.59 bits per heavy atom. The third kappa shape index (κ3) is 4.08. The molecule has 0 spiro atoms. The number of furan rings is 1. The quantitative estimate of drug-likeness (QED) is 0.865. The highest BCUT2D eigenvalue weighted by atomic mass is 35.5. The van der Waals surface area contributed by atoms with Crippen molar-refractivity contribution in [1.29, 1.82) is 0 Å². The Bertz CT molecular complexity index is 566. The van der Waals surface area contributed by atoms with Crippen molar-refractivity contribution in [2.45, 2.75) is 6.42 Å². The summed E-state index contributed by atoms with van der Waals surface area (Å²) in [6, 6.07) is 9.47. The van der Waals surface area contributed by atoms with E-state index in [1.807, 2.05) is 23.2 Å². The van der Waals surface area contributed by atoms with Crippen LogP contribution in [0.5, 0.6) is 0 Å². The molecule has 0 aliphatic carbocycles. The van der Waals surface area contributed by atoms with Crippen LogP contribution in [0.15, 0.2) is 47.2 Å². The summed E-state index contributed by atoms with van der Waals surface area (Å²) in [5.74, 6) is 0.418. The minimum Gasteiger partial charge on any atom is -0.459 e. The van der Waals surface area contributed by atoms with E-state index in [-0.39, 0.29) is 18.3 Å². The van der Waals surface area contributed by atoms with Crippen LogP contribution in [0.25, 0.3) is 0 Å². The first kappa shape index (κ1) is 16.5. The molecule has 0 aromatic carbocycles. The Balaban J connectivity index is 0.00000176. The zero-order valence-corrected chi connectivity index (χ0v) is 13.2. The maximum atomic E-state index is 12.2. The molecule has 1 saturated heterocycles. The Hall–Kier alpha value is -1.85. The molecule has 0 atom stereocenters. The van der Waals surface area contributed by atoms with Crippen LogP contribution < -0.4 is 0 Å². The highest BCUT2D eigenvalue weighted by Gasteiger charge is 2.23. The molecule has 6 heteroatoms. The molecule has 0 bridgehead atoms. The molecule has 3 heterocycles. The van der Waals surface area contributed by atoms with Gasteiger partial charge in [-0.1, -0.05) is 6.07 Å². The molecule has 22 heavy (non-hydrogen) atoms. The van der Waals surface area contributed by atoms with Gasteiger partial charge in [-0.15, -0.1) is 12.4 Å². The van der Waals surface area contributed by atoms with Crippen molar-refractivity contribution >= 4 is 18.3 Å². The number of carbonyl (C=O) groups excluding carboxylic acids is 1. The predicted octanol–water partition coefficient (Wildman–Crippen LogP) is 2.10. The van der Waals surface area contributed by atoms with Gasteiger partial charge in [-0.2, -0.15) is 0 Å². The lowest BCUT2D eigenvalue weighted by molar-refractivity contribution is 0.0607. The molecule has 2 aromatic heterocycles. The second-order valence-corrected chi connectivity index (χ2v) is 5.18. The van der Waals surface area contributed by atoms with Crippen LogP contribution in [0, 0.1) is 0 Å². The van der Waals surface area contributed by atoms with Crippen molar-refractivity contribution in [3.05, 3.63) is 54.2 Å². The highest BCUT2D eigenvalue weighted by molar-refractivity contribution is 5.91. The first-order valence-corrected chi connectivity index (χ1v) is 7.28. The van der Waals surface area contributed by atoms with Crippen molar-refractivity contribution in [1.82, 2.24) is 14.8 Å². The van der Waals surface area contributed by atoms with Crippen molar-refractivity contribution in [2.75, 3.05) is 32.7 Å². The monoisotopic (exact) mass is 321 g/mol. The van der Waals surface area contributed by atoms with Crippen molar-refractivity contribution in [2.24, 2.45) is 0 Å². The maximum Gasteiger partial charge on any atom is 0.289 e. The zero-order valence-electron chi connectivity index (χ0n) is 12.4. The van der Waals surface area contributed by atoms with Gasteiger partial charge in [0.1, 0.15) is 0 Å². The fourth-order valence-electron chi connectivity index (χ4n) is 2.55. The smallest absolute Gasteiger partial charge is 0.289 e. The number of nitrogens with zero attached hydrogens (tertiary/aromatic N) is 3. The van der Waals surface area contributed by atoms with E-state index in [1.165, 1.54) is 6.26 Å². The number of carbonyl (C=O) groups is 1. The lowest BCUT2D eigenvalue weighted by Gasteiger charge is -2.34. The summed E-state index contributed by atoms with van der Waals surface area (Å²) in [6.07, 6.45) is 4.32. The fourth-order valence-corrected chi connectivity index (χ4v) is 2.55. The number of piperazine rings is 1. The van der Waals surface area contributed by atoms with E-state index < -0.39 is 0 Å². The summed E-state index contributed by atoms with van der Waals surface area (Å²) in [6.45, 7) is 4.29. The van der Waals surface area contributed by atoms with Crippen molar-refractivity contribution in [3.63, 3.8) is 0 Å². The van der Waals surface area contributed by atoms with E-state index in [1.54, 1.807) is 12.1 Å². The van der Waals surface area contributed by atoms with Gasteiger partial charge in [0.25, 0.3) is 5.91 Å². The number of hydrogen-bond acceptors (Lipinski definition) is 4. The Labute approximate surface area is 136 Å². The number of pyridine rings is 1. The Morgan fingerprint density at radius 1 is 1.14 bits per heavy atom. The summed E-state index contributed by atoms with van der Waals surface area (Å²) in [5, 5.41) is 0. The van der Waals surface area contributed by atoms with Gasteiger partial charge in [0, 0.05) is 51.0 Å². The van der Waals surface area contributed by atoms with E-state index in [4.69, 9.17) is 4.42 Å². The first-order valence-electron chi connectivity index (χ1n) is 7.28. The molecule has 1 amide bonds. The van der Waals surface area contributed by atoms with E-state index in [0.29, 0.717) is 5.76 Å². The second kappa shape index (κ2) is 7.96. The van der Waals surface area contributed by atoms with Gasteiger partial charge < -0.3 is 9.32 Å². The summed E-state index contributed by atoms with van der Waals surface area (Å²) in [5.41, 5.74) is 1.12. The molecule has 118 valence electrons. The molecular weight excluding hydrogens is 302 g/mol. The van der Waals surface area contributed by atoms with Gasteiger partial charge >= 0.3 is 0 Å². The molecule has 1 aliphatic heterocycles. The summed E-state index contributed by atoms with van der Waals surface area (Å²) < 4.78 is 5.17. The fraction of sp³-hybridized carbons (Fsp3) is 0.375. The Morgan fingerprint density at radius 2 is 1.95 bits per heavy atom. The molecule has 2 aromatic rings. The first-order chi connectivity index (χ1) is 10.3. The molecule has 1 fully saturated rings. The van der Waals surface area contributed by atoms with Crippen LogP contribution >= 0.6 is 12.4 Å². The minimum absolute atomic E-state index is 0. The summed E-state index contributed by atoms with van der Waals surface area (Å²) >= 11 is 0. The Kier molecular flexibility index (Phi) is 5.98. The lowest BCUT2D eigenvalue weighted by atomic mass is 10.2. The van der Waals surface area contributed by atoms with Gasteiger partial charge in [0.2, 0.25) is 0 Å². The van der Waals surface area contributed by atoms with Crippen LogP contribution in [0.3, 0.4) is 0 Å². The van der Waals surface area contributed by atoms with Crippen molar-refractivity contribution in [3.8, 4) is 0 Å². The van der Waals surface area contributed by atoms with E-state index in [2.05, 4.69) is 16.0 Å². The molecular formula is C16H20ClN3O2. The molecule has 0 radical (unpaired) electrons. The molecule has 5 nitrogen and oxygen atoms in total. The lowest BCUT2D eigenvalue weighted by Crippen LogP contribution is -2.49. The minimum atomic E-state index is -0.00984. The summed E-state index contributed by atoms with van der Waals surface area (Å²) in [4.78, 5) is 20.7. The highest BCUT2D eigenvalue weighted by Crippen LogP contribution is 2.09. The maximum absolute atomic E-state index is 12.2. The van der Waals surface area contributed by atoms with Gasteiger partial charge in [0.15, 0.2) is 5.76 Å². The van der Waals surface area contributed by atoms with Gasteiger partial charge in [-0.25, -0.2) is 0 Å². The molecule has 3 rings (SSSR count). The van der Waals surface area contributed by atoms with Crippen LogP contribution in [0.4, 0.5) is 0 Å². The van der Waals surface area contributed by atoms with E-state index in [0.717, 1.165) is 44.8 Å². The number of hydrogen-bond donors (Lipinski definition) is 0. The largest absolute Gasteiger partial charge is 0.459 e. The topological polar surface area (TPSA) is 49.6 Å². The van der Waals surface area contributed by atoms with Crippen LogP contribution in [-0.4, -0.2) is 53.4 Å². The average Bonchev–Trinajstić information content (AvgIpc) is 3.08. The third-order valence-electron chi connectivity index (χ3n) is 3.80. The van der Waals surface area contributed by atoms with Crippen molar-refractivity contribution < 1.29 is 9.21 Å². The molecule has 0 saturated carbocycles. The third-order valence-corrected chi connectivity index (χ3v) is 3.80. The van der Waals surface area contributed by atoms with Crippen LogP contribution in [0.1, 0.15) is 16.2 Å². The van der Waals surface area contributed by atoms with Crippen LogP contribution in [-0.2, 0) is 6.42 Å². The number of rotatable bonds is 4. The normalized spacial score (nSPS) is 15.4.